The van der Waals surface area contributed by atoms with Gasteiger partial charge in [-0.15, -0.1) is 12.4 Å². The number of hydrogen-bond donors (Lipinski definition) is 1. The van der Waals surface area contributed by atoms with E-state index in [-0.39, 0.29) is 23.3 Å². The lowest BCUT2D eigenvalue weighted by Crippen LogP contribution is -2.48. The zero-order chi connectivity index (χ0) is 17.4. The first-order valence-corrected chi connectivity index (χ1v) is 10.3. The number of hydrogen-bond acceptors (Lipinski definition) is 6. The van der Waals surface area contributed by atoms with E-state index in [1.54, 1.807) is 24.3 Å². The molecule has 2 heterocycles. The topological polar surface area (TPSA) is 75.2 Å². The molecular weight excluding hydrogens is 415 g/mol. The lowest BCUT2D eigenvalue weighted by atomic mass is 10.1. The Labute approximate surface area is 167 Å². The molecule has 26 heavy (non-hydrogen) atoms. The van der Waals surface area contributed by atoms with Crippen LogP contribution in [0.15, 0.2) is 47.4 Å². The Morgan fingerprint density at radius 3 is 2.81 bits per heavy atom. The highest BCUT2D eigenvalue weighted by Gasteiger charge is 2.35. The van der Waals surface area contributed by atoms with Gasteiger partial charge >= 0.3 is 0 Å². The minimum absolute atomic E-state index is 0. The van der Waals surface area contributed by atoms with E-state index < -0.39 is 10.0 Å². The minimum atomic E-state index is -3.71. The average molecular weight is 431 g/mol. The van der Waals surface area contributed by atoms with Crippen LogP contribution in [0.2, 0.25) is 5.02 Å². The van der Waals surface area contributed by atoms with Crippen molar-refractivity contribution in [3.63, 3.8) is 0 Å². The molecule has 1 aliphatic rings. The van der Waals surface area contributed by atoms with Crippen LogP contribution in [0.3, 0.4) is 0 Å². The predicted octanol–water partition coefficient (Wildman–Crippen LogP) is 3.10. The molecule has 1 aliphatic heterocycles. The fourth-order valence-electron chi connectivity index (χ4n) is 3.09. The van der Waals surface area contributed by atoms with Crippen molar-refractivity contribution in [2.45, 2.75) is 10.9 Å². The van der Waals surface area contributed by atoms with Crippen molar-refractivity contribution in [2.75, 3.05) is 19.6 Å². The molecule has 4 rings (SSSR count). The molecule has 0 spiro atoms. The second kappa shape index (κ2) is 7.75. The summed E-state index contributed by atoms with van der Waals surface area (Å²) in [6, 6.07) is 12.1. The van der Waals surface area contributed by atoms with Crippen LogP contribution in [-0.2, 0) is 10.0 Å². The Balaban J connectivity index is 0.00000196. The Morgan fingerprint density at radius 2 is 2.00 bits per heavy atom. The zero-order valence-electron chi connectivity index (χ0n) is 13.5. The van der Waals surface area contributed by atoms with Gasteiger partial charge in [0.15, 0.2) is 0 Å². The number of fused-ring (bicyclic) bond motifs is 1. The van der Waals surface area contributed by atoms with Gasteiger partial charge in [-0.1, -0.05) is 29.8 Å². The van der Waals surface area contributed by atoms with Crippen LogP contribution in [0.1, 0.15) is 11.6 Å². The summed E-state index contributed by atoms with van der Waals surface area (Å²) in [4.78, 5) is 0.202. The smallest absolute Gasteiger partial charge is 0.245 e. The van der Waals surface area contributed by atoms with Crippen LogP contribution in [0.4, 0.5) is 0 Å². The summed E-state index contributed by atoms with van der Waals surface area (Å²) in [6.45, 7) is 1.51. The van der Waals surface area contributed by atoms with Crippen LogP contribution >= 0.6 is 35.7 Å². The largest absolute Gasteiger partial charge is 0.313 e. The van der Waals surface area contributed by atoms with Crippen LogP contribution in [-0.4, -0.2) is 41.1 Å². The van der Waals surface area contributed by atoms with Gasteiger partial charge in [-0.25, -0.2) is 8.42 Å². The van der Waals surface area contributed by atoms with Crippen LogP contribution in [0.5, 0.6) is 0 Å². The molecule has 0 aliphatic carbocycles. The third kappa shape index (κ3) is 3.45. The Kier molecular flexibility index (Phi) is 5.81. The molecule has 1 aromatic heterocycles. The SMILES string of the molecule is Cl.O=S(=O)(c1cccc2nsnc12)N1CCNCC1c1cccc(Cl)c1. The van der Waals surface area contributed by atoms with E-state index in [2.05, 4.69) is 14.1 Å². The lowest BCUT2D eigenvalue weighted by molar-refractivity contribution is 0.271. The maximum atomic E-state index is 13.4. The molecule has 2 aromatic carbocycles. The summed E-state index contributed by atoms with van der Waals surface area (Å²) in [6.07, 6.45) is 0. The highest BCUT2D eigenvalue weighted by Crippen LogP contribution is 2.32. The third-order valence-corrected chi connectivity index (χ3v) is 6.98. The number of halogens is 2. The predicted molar refractivity (Wildman–Crippen MR) is 106 cm³/mol. The van der Waals surface area contributed by atoms with Gasteiger partial charge in [0.2, 0.25) is 10.0 Å². The molecule has 1 saturated heterocycles. The molecule has 0 bridgehead atoms. The Bertz CT molecular complexity index is 1030. The molecule has 0 saturated carbocycles. The molecule has 1 N–H and O–H groups in total. The van der Waals surface area contributed by atoms with E-state index in [1.807, 2.05) is 18.2 Å². The summed E-state index contributed by atoms with van der Waals surface area (Å²) in [7, 11) is -3.71. The van der Waals surface area contributed by atoms with Gasteiger partial charge in [0.05, 0.1) is 17.8 Å². The van der Waals surface area contributed by atoms with Crippen molar-refractivity contribution in [3.05, 3.63) is 53.1 Å². The first-order valence-electron chi connectivity index (χ1n) is 7.77. The molecular formula is C16H16Cl2N4O2S2. The van der Waals surface area contributed by atoms with Crippen molar-refractivity contribution >= 4 is 56.8 Å². The van der Waals surface area contributed by atoms with Gasteiger partial charge in [-0.05, 0) is 29.8 Å². The third-order valence-electron chi connectivity index (χ3n) is 4.26. The first-order chi connectivity index (χ1) is 12.1. The molecule has 6 nitrogen and oxygen atoms in total. The summed E-state index contributed by atoms with van der Waals surface area (Å²) in [5, 5.41) is 3.85. The minimum Gasteiger partial charge on any atom is -0.313 e. The number of nitrogens with one attached hydrogen (secondary N) is 1. The first kappa shape index (κ1) is 19.5. The van der Waals surface area contributed by atoms with Crippen molar-refractivity contribution in [1.29, 1.82) is 0 Å². The fraction of sp³-hybridized carbons (Fsp3) is 0.250. The number of aromatic nitrogens is 2. The maximum Gasteiger partial charge on any atom is 0.245 e. The second-order valence-corrected chi connectivity index (χ2v) is 8.60. The van der Waals surface area contributed by atoms with Crippen LogP contribution in [0.25, 0.3) is 11.0 Å². The summed E-state index contributed by atoms with van der Waals surface area (Å²) in [5.41, 5.74) is 1.89. The zero-order valence-corrected chi connectivity index (χ0v) is 16.7. The molecule has 1 unspecified atom stereocenters. The molecule has 1 fully saturated rings. The fourth-order valence-corrected chi connectivity index (χ4v) is 5.65. The highest BCUT2D eigenvalue weighted by molar-refractivity contribution is 7.89. The van der Waals surface area contributed by atoms with Gasteiger partial charge in [0.1, 0.15) is 15.9 Å². The number of nitrogens with zero attached hydrogens (tertiary/aromatic N) is 3. The van der Waals surface area contributed by atoms with Gasteiger partial charge in [-0.2, -0.15) is 13.1 Å². The van der Waals surface area contributed by atoms with Crippen molar-refractivity contribution in [1.82, 2.24) is 18.4 Å². The van der Waals surface area contributed by atoms with E-state index in [0.717, 1.165) is 17.3 Å². The maximum absolute atomic E-state index is 13.4. The molecule has 0 amide bonds. The highest BCUT2D eigenvalue weighted by atomic mass is 35.5. The molecule has 1 atom stereocenters. The number of rotatable bonds is 3. The second-order valence-electron chi connectivity index (χ2n) is 5.78. The lowest BCUT2D eigenvalue weighted by Gasteiger charge is -2.35. The summed E-state index contributed by atoms with van der Waals surface area (Å²) < 4.78 is 36.6. The van der Waals surface area contributed by atoms with Crippen LogP contribution < -0.4 is 5.32 Å². The molecule has 138 valence electrons. The Hall–Kier alpha value is -1.29. The van der Waals surface area contributed by atoms with Crippen LogP contribution in [0, 0.1) is 0 Å². The van der Waals surface area contributed by atoms with Gasteiger partial charge < -0.3 is 5.32 Å². The number of piperazine rings is 1. The van der Waals surface area contributed by atoms with Gasteiger partial charge in [-0.3, -0.25) is 0 Å². The molecule has 10 heteroatoms. The molecule has 0 radical (unpaired) electrons. The number of benzene rings is 2. The van der Waals surface area contributed by atoms with Crippen molar-refractivity contribution < 1.29 is 8.42 Å². The average Bonchev–Trinajstić information content (AvgIpc) is 3.10. The standard InChI is InChI=1S/C16H15ClN4O2S2.ClH/c17-12-4-1-3-11(9-12)14-10-18-7-8-21(14)25(22,23)15-6-2-5-13-16(15)20-24-19-13;/h1-6,9,14,18H,7-8,10H2;1H. The van der Waals surface area contributed by atoms with Gasteiger partial charge in [0.25, 0.3) is 0 Å². The molecule has 3 aromatic rings. The van der Waals surface area contributed by atoms with E-state index in [0.29, 0.717) is 35.7 Å². The monoisotopic (exact) mass is 430 g/mol. The van der Waals surface area contributed by atoms with E-state index in [4.69, 9.17) is 11.6 Å². The van der Waals surface area contributed by atoms with E-state index in [9.17, 15) is 8.42 Å². The summed E-state index contributed by atoms with van der Waals surface area (Å²) >= 11 is 7.12. The quantitative estimate of drug-likeness (QED) is 0.690. The number of sulfonamides is 1. The van der Waals surface area contributed by atoms with Crippen molar-refractivity contribution in [2.24, 2.45) is 0 Å². The normalized spacial score (nSPS) is 18.6. The van der Waals surface area contributed by atoms with E-state index >= 15 is 0 Å². The Morgan fingerprint density at radius 1 is 1.19 bits per heavy atom. The van der Waals surface area contributed by atoms with E-state index in [1.165, 1.54) is 4.31 Å². The summed E-state index contributed by atoms with van der Waals surface area (Å²) in [5.74, 6) is 0. The van der Waals surface area contributed by atoms with Crippen molar-refractivity contribution in [3.8, 4) is 0 Å². The van der Waals surface area contributed by atoms with Gasteiger partial charge in [0, 0.05) is 24.7 Å².